The minimum Gasteiger partial charge on any atom is -0.370 e. The average Bonchev–Trinajstić information content (AvgIpc) is 1.87. The molecule has 11 heavy (non-hydrogen) atoms. The molecule has 0 aromatic rings. The molecule has 0 radical (unpaired) electrons. The van der Waals surface area contributed by atoms with Crippen molar-refractivity contribution in [2.45, 2.75) is 18.9 Å². The number of rotatable bonds is 5. The smallest absolute Gasteiger partial charge is 0.235 e. The summed E-state index contributed by atoms with van der Waals surface area (Å²) in [5.74, 6) is -1.08. The lowest BCUT2D eigenvalue weighted by Crippen LogP contribution is -2.37. The monoisotopic (exact) mass is 179 g/mol. The molecule has 1 unspecified atom stereocenters. The molecular weight excluding hydrogens is 170 g/mol. The van der Waals surface area contributed by atoms with E-state index < -0.39 is 17.9 Å². The van der Waals surface area contributed by atoms with Gasteiger partial charge in [0.05, 0.1) is 0 Å². The zero-order chi connectivity index (χ0) is 8.85. The van der Waals surface area contributed by atoms with Crippen LogP contribution in [-0.4, -0.2) is 17.9 Å². The first-order chi connectivity index (χ1) is 5.07. The van der Waals surface area contributed by atoms with Gasteiger partial charge in [-0.05, 0) is 18.2 Å². The Morgan fingerprint density at radius 3 is 2.27 bits per heavy atom. The fourth-order valence-electron chi connectivity index (χ4n) is 0.537. The summed E-state index contributed by atoms with van der Waals surface area (Å²) in [4.78, 5) is 22.9. The van der Waals surface area contributed by atoms with Crippen molar-refractivity contribution < 1.29 is 9.59 Å². The summed E-state index contributed by atoms with van der Waals surface area (Å²) in [7, 11) is 0. The van der Waals surface area contributed by atoms with E-state index in [2.05, 4.69) is 4.84 Å². The summed E-state index contributed by atoms with van der Waals surface area (Å²) in [5, 5.41) is 0. The van der Waals surface area contributed by atoms with E-state index in [9.17, 15) is 9.59 Å². The largest absolute Gasteiger partial charge is 0.370 e. The molecule has 1 atom stereocenters. The van der Waals surface area contributed by atoms with Crippen LogP contribution in [0.1, 0.15) is 12.8 Å². The van der Waals surface area contributed by atoms with Crippen molar-refractivity contribution in [3.05, 3.63) is 0 Å². The Kier molecular flexibility index (Phi) is 4.56. The topological polar surface area (TPSA) is 98.2 Å². The van der Waals surface area contributed by atoms with Crippen molar-refractivity contribution >= 4 is 23.6 Å². The van der Waals surface area contributed by atoms with Gasteiger partial charge in [-0.25, -0.2) is 4.84 Å². The lowest BCUT2D eigenvalue weighted by molar-refractivity contribution is -0.120. The predicted octanol–water partition coefficient (Wildman–Crippen LogP) is -1.15. The lowest BCUT2D eigenvalue weighted by atomic mass is 10.1. The number of nitrogens with one attached hydrogen (secondary N) is 1. The molecule has 0 heterocycles. The van der Waals surface area contributed by atoms with Crippen molar-refractivity contribution in [2.24, 2.45) is 11.5 Å². The molecule has 0 spiro atoms. The van der Waals surface area contributed by atoms with Crippen LogP contribution in [0.3, 0.4) is 0 Å². The highest BCUT2D eigenvalue weighted by molar-refractivity contribution is 6.15. The fourth-order valence-corrected chi connectivity index (χ4v) is 0.754. The van der Waals surface area contributed by atoms with Crippen LogP contribution >= 0.6 is 11.8 Å². The van der Waals surface area contributed by atoms with Crippen LogP contribution < -0.4 is 16.3 Å². The standard InChI is InChI=1S/C5H10ClN3O2/c6-9-3(5(8)11)1-2-4(7)10/h3,9H,1-2H2,(H2,7,10)(H2,8,11). The van der Waals surface area contributed by atoms with Crippen LogP contribution in [-0.2, 0) is 9.59 Å². The molecule has 0 fully saturated rings. The maximum Gasteiger partial charge on any atom is 0.235 e. The minimum atomic E-state index is -0.691. The molecule has 0 aliphatic rings. The second-order valence-corrected chi connectivity index (χ2v) is 2.29. The minimum absolute atomic E-state index is 0.0906. The highest BCUT2D eigenvalue weighted by atomic mass is 35.5. The van der Waals surface area contributed by atoms with Gasteiger partial charge in [-0.2, -0.15) is 0 Å². The molecule has 0 bridgehead atoms. The number of hydrogen-bond acceptors (Lipinski definition) is 3. The highest BCUT2D eigenvalue weighted by Gasteiger charge is 2.13. The number of nitrogens with two attached hydrogens (primary N) is 2. The van der Waals surface area contributed by atoms with E-state index in [1.165, 1.54) is 0 Å². The van der Waals surface area contributed by atoms with E-state index in [1.807, 2.05) is 0 Å². The molecule has 5 N–H and O–H groups in total. The molecule has 0 saturated carbocycles. The second kappa shape index (κ2) is 4.92. The Hall–Kier alpha value is -0.810. The van der Waals surface area contributed by atoms with Crippen molar-refractivity contribution in [3.8, 4) is 0 Å². The third-order valence-corrected chi connectivity index (χ3v) is 1.42. The van der Waals surface area contributed by atoms with Crippen LogP contribution in [0.4, 0.5) is 0 Å². The number of carbonyl (C=O) groups excluding carboxylic acids is 2. The molecular formula is C5H10ClN3O2. The van der Waals surface area contributed by atoms with Crippen LogP contribution in [0.5, 0.6) is 0 Å². The Bertz CT molecular complexity index is 162. The quantitative estimate of drug-likeness (QED) is 0.465. The number of halogens is 1. The van der Waals surface area contributed by atoms with Crippen molar-refractivity contribution in [1.82, 2.24) is 4.84 Å². The van der Waals surface area contributed by atoms with Crippen molar-refractivity contribution in [2.75, 3.05) is 0 Å². The van der Waals surface area contributed by atoms with Crippen LogP contribution in [0.15, 0.2) is 0 Å². The van der Waals surface area contributed by atoms with Gasteiger partial charge in [-0.3, -0.25) is 9.59 Å². The zero-order valence-corrected chi connectivity index (χ0v) is 6.60. The first-order valence-corrected chi connectivity index (χ1v) is 3.39. The SMILES string of the molecule is NC(=O)CCC(NCl)C(N)=O. The average molecular weight is 180 g/mol. The summed E-state index contributed by atoms with van der Waals surface area (Å²) >= 11 is 5.14. The molecule has 5 nitrogen and oxygen atoms in total. The Morgan fingerprint density at radius 1 is 1.45 bits per heavy atom. The third-order valence-electron chi connectivity index (χ3n) is 1.15. The summed E-state index contributed by atoms with van der Waals surface area (Å²) < 4.78 is 0. The summed E-state index contributed by atoms with van der Waals surface area (Å²) in [6.45, 7) is 0. The van der Waals surface area contributed by atoms with Gasteiger partial charge >= 0.3 is 0 Å². The molecule has 0 aliphatic heterocycles. The molecule has 6 heteroatoms. The number of amides is 2. The van der Waals surface area contributed by atoms with Crippen molar-refractivity contribution in [3.63, 3.8) is 0 Å². The van der Waals surface area contributed by atoms with Gasteiger partial charge in [0.2, 0.25) is 11.8 Å². The highest BCUT2D eigenvalue weighted by Crippen LogP contribution is 1.96. The van der Waals surface area contributed by atoms with Crippen LogP contribution in [0.25, 0.3) is 0 Å². The maximum atomic E-state index is 10.5. The Morgan fingerprint density at radius 2 is 2.00 bits per heavy atom. The summed E-state index contributed by atoms with van der Waals surface area (Å²) in [6, 6.07) is -0.691. The lowest BCUT2D eigenvalue weighted by Gasteiger charge is -2.07. The van der Waals surface area contributed by atoms with E-state index in [-0.39, 0.29) is 12.8 Å². The van der Waals surface area contributed by atoms with E-state index >= 15 is 0 Å². The molecule has 0 aliphatic carbocycles. The Labute approximate surface area is 69.2 Å². The molecule has 0 aromatic carbocycles. The van der Waals surface area contributed by atoms with E-state index in [1.54, 1.807) is 0 Å². The fraction of sp³-hybridized carbons (Fsp3) is 0.600. The van der Waals surface area contributed by atoms with Gasteiger partial charge in [0.15, 0.2) is 0 Å². The van der Waals surface area contributed by atoms with Gasteiger partial charge in [0, 0.05) is 6.42 Å². The van der Waals surface area contributed by atoms with Gasteiger partial charge < -0.3 is 11.5 Å². The van der Waals surface area contributed by atoms with Gasteiger partial charge in [0.25, 0.3) is 0 Å². The first-order valence-electron chi connectivity index (χ1n) is 3.01. The Balaban J connectivity index is 3.70. The second-order valence-electron chi connectivity index (χ2n) is 2.07. The van der Waals surface area contributed by atoms with Gasteiger partial charge in [0.1, 0.15) is 6.04 Å². The number of primary amides is 2. The van der Waals surface area contributed by atoms with E-state index in [0.717, 1.165) is 0 Å². The van der Waals surface area contributed by atoms with E-state index in [0.29, 0.717) is 0 Å². The molecule has 0 rings (SSSR count). The maximum absolute atomic E-state index is 10.5. The number of hydrogen-bond donors (Lipinski definition) is 3. The molecule has 0 aromatic heterocycles. The molecule has 2 amide bonds. The summed E-state index contributed by atoms with van der Waals surface area (Å²) in [6.07, 6.45) is 0.321. The third kappa shape index (κ3) is 4.58. The van der Waals surface area contributed by atoms with Gasteiger partial charge in [-0.1, -0.05) is 0 Å². The van der Waals surface area contributed by atoms with Gasteiger partial charge in [-0.15, -0.1) is 0 Å². The molecule has 64 valence electrons. The predicted molar refractivity (Wildman–Crippen MR) is 40.4 cm³/mol. The summed E-state index contributed by atoms with van der Waals surface area (Å²) in [5.41, 5.74) is 9.73. The first kappa shape index (κ1) is 10.2. The zero-order valence-electron chi connectivity index (χ0n) is 5.84. The number of carbonyl (C=O) groups is 2. The normalized spacial score (nSPS) is 12.5. The van der Waals surface area contributed by atoms with Crippen LogP contribution in [0.2, 0.25) is 0 Å². The van der Waals surface area contributed by atoms with Crippen molar-refractivity contribution in [1.29, 1.82) is 0 Å². The molecule has 0 saturated heterocycles. The van der Waals surface area contributed by atoms with Crippen LogP contribution in [0, 0.1) is 0 Å². The van der Waals surface area contributed by atoms with E-state index in [4.69, 9.17) is 23.2 Å².